The van der Waals surface area contributed by atoms with E-state index in [1.54, 1.807) is 0 Å². The Morgan fingerprint density at radius 1 is 1.10 bits per heavy atom. The van der Waals surface area contributed by atoms with Crippen molar-refractivity contribution in [2.24, 2.45) is 0 Å². The van der Waals surface area contributed by atoms with Crippen LogP contribution in [0.5, 0.6) is 0 Å². The smallest absolute Gasteiger partial charge is 0.227 e. The van der Waals surface area contributed by atoms with E-state index in [2.05, 4.69) is 40.8 Å². The van der Waals surface area contributed by atoms with Crippen LogP contribution in [0.1, 0.15) is 24.0 Å². The van der Waals surface area contributed by atoms with Crippen molar-refractivity contribution in [3.8, 4) is 0 Å². The number of nitrogens with zero attached hydrogens (tertiary/aromatic N) is 1. The van der Waals surface area contributed by atoms with Crippen LogP contribution in [0, 0.1) is 3.57 Å². The molecule has 0 aromatic heterocycles. The van der Waals surface area contributed by atoms with Crippen LogP contribution in [0.15, 0.2) is 42.5 Å². The van der Waals surface area contributed by atoms with Gasteiger partial charge in [0.15, 0.2) is 0 Å². The molecule has 0 radical (unpaired) electrons. The normalized spacial score (nSPS) is 14.8. The zero-order chi connectivity index (χ0) is 14.8. The summed E-state index contributed by atoms with van der Waals surface area (Å²) in [5, 5.41) is 0.718. The van der Waals surface area contributed by atoms with Crippen LogP contribution in [0.2, 0.25) is 5.02 Å². The number of carbonyl (C=O) groups is 1. The van der Waals surface area contributed by atoms with Gasteiger partial charge in [-0.1, -0.05) is 23.7 Å². The van der Waals surface area contributed by atoms with E-state index < -0.39 is 0 Å². The van der Waals surface area contributed by atoms with Gasteiger partial charge in [0.1, 0.15) is 0 Å². The standard InChI is InChI=1S/C17H15ClINO/c18-14-6-4-12(5-7-14)11-20-16-9-8-15(19)10-13(16)2-1-3-17(20)21/h4-10H,1-3,11H2. The number of carbonyl (C=O) groups excluding carboxylic acids is 1. The lowest BCUT2D eigenvalue weighted by Gasteiger charge is -2.23. The van der Waals surface area contributed by atoms with Crippen molar-refractivity contribution in [3.63, 3.8) is 0 Å². The molecule has 2 aromatic carbocycles. The Bertz CT molecular complexity index is 669. The Morgan fingerprint density at radius 2 is 1.86 bits per heavy atom. The van der Waals surface area contributed by atoms with Gasteiger partial charge in [-0.15, -0.1) is 0 Å². The third kappa shape index (κ3) is 3.40. The Morgan fingerprint density at radius 3 is 2.62 bits per heavy atom. The number of benzene rings is 2. The van der Waals surface area contributed by atoms with Gasteiger partial charge < -0.3 is 4.90 Å². The molecule has 0 N–H and O–H groups in total. The molecule has 0 aliphatic carbocycles. The third-order valence-electron chi connectivity index (χ3n) is 3.72. The molecule has 1 amide bonds. The van der Waals surface area contributed by atoms with Crippen molar-refractivity contribution in [1.29, 1.82) is 0 Å². The van der Waals surface area contributed by atoms with Crippen LogP contribution >= 0.6 is 34.2 Å². The summed E-state index contributed by atoms with van der Waals surface area (Å²) in [6.45, 7) is 0.601. The average Bonchev–Trinajstić information content (AvgIpc) is 2.61. The molecule has 0 saturated carbocycles. The lowest BCUT2D eigenvalue weighted by atomic mass is 10.1. The zero-order valence-corrected chi connectivity index (χ0v) is 14.4. The highest BCUT2D eigenvalue weighted by Crippen LogP contribution is 2.30. The van der Waals surface area contributed by atoms with Crippen molar-refractivity contribution in [3.05, 3.63) is 62.2 Å². The number of halogens is 2. The van der Waals surface area contributed by atoms with E-state index in [1.165, 1.54) is 9.13 Å². The predicted octanol–water partition coefficient (Wildman–Crippen LogP) is 4.81. The minimum atomic E-state index is 0.199. The number of rotatable bonds is 2. The molecule has 2 aromatic rings. The first-order valence-electron chi connectivity index (χ1n) is 6.97. The maximum atomic E-state index is 12.4. The second-order valence-corrected chi connectivity index (χ2v) is 6.92. The van der Waals surface area contributed by atoms with E-state index in [9.17, 15) is 4.79 Å². The Labute approximate surface area is 143 Å². The monoisotopic (exact) mass is 411 g/mol. The lowest BCUT2D eigenvalue weighted by Crippen LogP contribution is -2.29. The highest BCUT2D eigenvalue weighted by Gasteiger charge is 2.22. The van der Waals surface area contributed by atoms with Crippen molar-refractivity contribution in [2.45, 2.75) is 25.8 Å². The Hall–Kier alpha value is -1.07. The fraction of sp³-hybridized carbons (Fsp3) is 0.235. The summed E-state index contributed by atoms with van der Waals surface area (Å²) >= 11 is 8.25. The molecule has 0 saturated heterocycles. The van der Waals surface area contributed by atoms with Gasteiger partial charge in [0, 0.05) is 20.7 Å². The third-order valence-corrected chi connectivity index (χ3v) is 4.65. The van der Waals surface area contributed by atoms with Gasteiger partial charge >= 0.3 is 0 Å². The van der Waals surface area contributed by atoms with Crippen molar-refractivity contribution >= 4 is 45.8 Å². The first-order chi connectivity index (χ1) is 10.1. The molecule has 0 atom stereocenters. The van der Waals surface area contributed by atoms with Crippen molar-refractivity contribution in [2.75, 3.05) is 4.90 Å². The highest BCUT2D eigenvalue weighted by molar-refractivity contribution is 14.1. The number of hydrogen-bond donors (Lipinski definition) is 0. The molecule has 4 heteroatoms. The average molecular weight is 412 g/mol. The van der Waals surface area contributed by atoms with Crippen LogP contribution < -0.4 is 4.90 Å². The predicted molar refractivity (Wildman–Crippen MR) is 94.7 cm³/mol. The maximum Gasteiger partial charge on any atom is 0.227 e. The SMILES string of the molecule is O=C1CCCc2cc(I)ccc2N1Cc1ccc(Cl)cc1. The maximum absolute atomic E-state index is 12.4. The minimum Gasteiger partial charge on any atom is -0.308 e. The molecule has 1 aliphatic heterocycles. The molecule has 108 valence electrons. The summed E-state index contributed by atoms with van der Waals surface area (Å²) in [7, 11) is 0. The summed E-state index contributed by atoms with van der Waals surface area (Å²) < 4.78 is 1.21. The van der Waals surface area contributed by atoms with Gasteiger partial charge in [0.2, 0.25) is 5.91 Å². The molecule has 0 fully saturated rings. The summed E-state index contributed by atoms with van der Waals surface area (Å²) in [6, 6.07) is 14.0. The summed E-state index contributed by atoms with van der Waals surface area (Å²) in [4.78, 5) is 14.3. The zero-order valence-electron chi connectivity index (χ0n) is 11.5. The van der Waals surface area contributed by atoms with Crippen LogP contribution in [-0.2, 0) is 17.8 Å². The van der Waals surface area contributed by atoms with Crippen LogP contribution in [0.25, 0.3) is 0 Å². The van der Waals surface area contributed by atoms with E-state index >= 15 is 0 Å². The number of aryl methyl sites for hydroxylation is 1. The summed E-state index contributed by atoms with van der Waals surface area (Å²) in [6.07, 6.45) is 2.50. The van der Waals surface area contributed by atoms with Crippen LogP contribution in [-0.4, -0.2) is 5.91 Å². The summed E-state index contributed by atoms with van der Waals surface area (Å²) in [5.41, 5.74) is 3.41. The first kappa shape index (κ1) is 14.9. The molecule has 1 heterocycles. The minimum absolute atomic E-state index is 0.199. The Balaban J connectivity index is 1.95. The van der Waals surface area contributed by atoms with Gasteiger partial charge in [-0.25, -0.2) is 0 Å². The first-order valence-corrected chi connectivity index (χ1v) is 8.42. The van der Waals surface area contributed by atoms with E-state index in [-0.39, 0.29) is 5.91 Å². The topological polar surface area (TPSA) is 20.3 Å². The largest absolute Gasteiger partial charge is 0.308 e. The molecule has 0 spiro atoms. The number of anilines is 1. The molecular formula is C17H15ClINO. The fourth-order valence-corrected chi connectivity index (χ4v) is 3.34. The molecule has 0 bridgehead atoms. The van der Waals surface area contributed by atoms with Crippen molar-refractivity contribution in [1.82, 2.24) is 0 Å². The quantitative estimate of drug-likeness (QED) is 0.649. The Kier molecular flexibility index (Phi) is 4.50. The molecule has 3 rings (SSSR count). The number of fused-ring (bicyclic) bond motifs is 1. The highest BCUT2D eigenvalue weighted by atomic mass is 127. The van der Waals surface area contributed by atoms with E-state index in [1.807, 2.05) is 29.2 Å². The van der Waals surface area contributed by atoms with Crippen molar-refractivity contribution < 1.29 is 4.79 Å². The second kappa shape index (κ2) is 6.36. The van der Waals surface area contributed by atoms with E-state index in [4.69, 9.17) is 11.6 Å². The van der Waals surface area contributed by atoms with Crippen LogP contribution in [0.4, 0.5) is 5.69 Å². The molecule has 1 aliphatic rings. The van der Waals surface area contributed by atoms with E-state index in [0.29, 0.717) is 13.0 Å². The second-order valence-electron chi connectivity index (χ2n) is 5.23. The molecule has 2 nitrogen and oxygen atoms in total. The molecular weight excluding hydrogens is 397 g/mol. The van der Waals surface area contributed by atoms with Gasteiger partial charge in [0.25, 0.3) is 0 Å². The number of hydrogen-bond acceptors (Lipinski definition) is 1. The number of amides is 1. The fourth-order valence-electron chi connectivity index (χ4n) is 2.66. The molecule has 21 heavy (non-hydrogen) atoms. The van der Waals surface area contributed by atoms with Gasteiger partial charge in [0.05, 0.1) is 6.54 Å². The van der Waals surface area contributed by atoms with E-state index in [0.717, 1.165) is 29.1 Å². The van der Waals surface area contributed by atoms with Gasteiger partial charge in [-0.2, -0.15) is 0 Å². The van der Waals surface area contributed by atoms with Crippen LogP contribution in [0.3, 0.4) is 0 Å². The van der Waals surface area contributed by atoms with Gasteiger partial charge in [-0.05, 0) is 76.9 Å². The lowest BCUT2D eigenvalue weighted by molar-refractivity contribution is -0.118. The molecule has 0 unspecified atom stereocenters. The summed E-state index contributed by atoms with van der Waals surface area (Å²) in [5.74, 6) is 0.199. The van der Waals surface area contributed by atoms with Gasteiger partial charge in [-0.3, -0.25) is 4.79 Å².